The molecule has 5 rings (SSSR count). The van der Waals surface area contributed by atoms with Crippen LogP contribution in [0.5, 0.6) is 0 Å². The summed E-state index contributed by atoms with van der Waals surface area (Å²) in [5.41, 5.74) is 3.70. The summed E-state index contributed by atoms with van der Waals surface area (Å²) < 4.78 is 1.51. The molecule has 0 aliphatic heterocycles. The van der Waals surface area contributed by atoms with Crippen LogP contribution in [0.4, 0.5) is 5.82 Å². The minimum atomic E-state index is 0.374. The number of carbonyl (C=O) groups excluding carboxylic acids is 1. The van der Waals surface area contributed by atoms with Crippen molar-refractivity contribution in [3.8, 4) is 5.95 Å². The van der Waals surface area contributed by atoms with Crippen molar-refractivity contribution in [2.75, 3.05) is 5.32 Å². The third-order valence-corrected chi connectivity index (χ3v) is 4.82. The number of rotatable bonds is 6. The van der Waals surface area contributed by atoms with Crippen molar-refractivity contribution in [2.24, 2.45) is 0 Å². The van der Waals surface area contributed by atoms with Crippen LogP contribution in [-0.2, 0) is 11.2 Å². The quantitative estimate of drug-likeness (QED) is 0.564. The topological polar surface area (TPSA) is 72.7 Å². The highest BCUT2D eigenvalue weighted by Gasteiger charge is 2.23. The van der Waals surface area contributed by atoms with Gasteiger partial charge in [-0.05, 0) is 42.5 Å². The minimum Gasteiger partial charge on any atom is -0.367 e. The van der Waals surface area contributed by atoms with Gasteiger partial charge < -0.3 is 5.32 Å². The van der Waals surface area contributed by atoms with Crippen molar-refractivity contribution in [3.63, 3.8) is 0 Å². The number of hydrogen-bond acceptors (Lipinski definition) is 5. The van der Waals surface area contributed by atoms with E-state index in [4.69, 9.17) is 4.98 Å². The van der Waals surface area contributed by atoms with Gasteiger partial charge in [0.05, 0.1) is 17.3 Å². The fraction of sp³-hybridized carbons (Fsp3) is 0.182. The van der Waals surface area contributed by atoms with Gasteiger partial charge in [0.25, 0.3) is 5.95 Å². The summed E-state index contributed by atoms with van der Waals surface area (Å²) in [7, 11) is 0. The zero-order valence-electron chi connectivity index (χ0n) is 15.2. The Bertz CT molecular complexity index is 1150. The average molecular weight is 368 g/mol. The van der Waals surface area contributed by atoms with Crippen molar-refractivity contribution in [2.45, 2.75) is 25.3 Å². The average Bonchev–Trinajstić information content (AvgIpc) is 3.41. The third kappa shape index (κ3) is 3.36. The van der Waals surface area contributed by atoms with Crippen LogP contribution < -0.4 is 5.32 Å². The molecule has 137 valence electrons. The van der Waals surface area contributed by atoms with E-state index in [0.717, 1.165) is 36.0 Å². The maximum Gasteiger partial charge on any atom is 0.253 e. The number of hydrogen-bond donors (Lipinski definition) is 1. The monoisotopic (exact) mass is 368 g/mol. The molecule has 1 aliphatic carbocycles. The molecule has 1 radical (unpaired) electrons. The highest BCUT2D eigenvalue weighted by molar-refractivity contribution is 5.90. The van der Waals surface area contributed by atoms with Gasteiger partial charge in [-0.3, -0.25) is 4.79 Å². The lowest BCUT2D eigenvalue weighted by molar-refractivity contribution is 0.562. The van der Waals surface area contributed by atoms with Crippen LogP contribution in [0, 0.1) is 0 Å². The maximum absolute atomic E-state index is 10.8. The number of benzene rings is 2. The molecule has 0 unspecified atom stereocenters. The predicted molar refractivity (Wildman–Crippen MR) is 107 cm³/mol. The zero-order chi connectivity index (χ0) is 18.9. The zero-order valence-corrected chi connectivity index (χ0v) is 15.2. The van der Waals surface area contributed by atoms with Gasteiger partial charge >= 0.3 is 0 Å². The lowest BCUT2D eigenvalue weighted by Crippen LogP contribution is -2.09. The van der Waals surface area contributed by atoms with E-state index in [1.54, 1.807) is 6.20 Å². The predicted octanol–water partition coefficient (Wildman–Crippen LogP) is 3.44. The van der Waals surface area contributed by atoms with E-state index < -0.39 is 0 Å². The van der Waals surface area contributed by atoms with E-state index in [1.807, 2.05) is 18.4 Å². The number of anilines is 1. The molecule has 0 atom stereocenters. The van der Waals surface area contributed by atoms with Gasteiger partial charge in [-0.2, -0.15) is 10.1 Å². The third-order valence-electron chi connectivity index (χ3n) is 4.82. The Balaban J connectivity index is 1.57. The molecule has 0 saturated heterocycles. The lowest BCUT2D eigenvalue weighted by atomic mass is 10.0. The Morgan fingerprint density at radius 3 is 2.68 bits per heavy atom. The first kappa shape index (κ1) is 16.6. The first-order valence-corrected chi connectivity index (χ1v) is 9.33. The summed E-state index contributed by atoms with van der Waals surface area (Å²) in [4.78, 5) is 20.2. The van der Waals surface area contributed by atoms with Gasteiger partial charge in [-0.1, -0.05) is 36.4 Å². The van der Waals surface area contributed by atoms with Crippen LogP contribution in [0.1, 0.15) is 29.5 Å². The Morgan fingerprint density at radius 2 is 1.93 bits per heavy atom. The fourth-order valence-electron chi connectivity index (χ4n) is 3.22. The van der Waals surface area contributed by atoms with Crippen molar-refractivity contribution in [1.29, 1.82) is 0 Å². The Labute approximate surface area is 162 Å². The largest absolute Gasteiger partial charge is 0.367 e. The standard InChI is InChI=1S/C22H18N5O/c28-14-17-12-23-27(13-17)22-25-20-9-6-16(10-15-4-2-1-3-5-15)11-19(20)21(26-22)24-18-7-8-18/h1-6,9,11-13,18H,7-8,10H2,(H,24,25,26). The molecule has 28 heavy (non-hydrogen) atoms. The first-order valence-electron chi connectivity index (χ1n) is 9.33. The second-order valence-electron chi connectivity index (χ2n) is 7.08. The Kier molecular flexibility index (Phi) is 4.09. The van der Waals surface area contributed by atoms with E-state index in [0.29, 0.717) is 17.6 Å². The maximum atomic E-state index is 10.8. The first-order chi connectivity index (χ1) is 13.8. The SMILES string of the molecule is O=[C]c1cnn(-c2nc(NC3CC3)c3cc(Cc4ccccc4)ccc3n2)c1. The van der Waals surface area contributed by atoms with Crippen LogP contribution in [-0.4, -0.2) is 32.1 Å². The van der Waals surface area contributed by atoms with E-state index in [1.165, 1.54) is 22.0 Å². The van der Waals surface area contributed by atoms with E-state index in [2.05, 4.69) is 51.8 Å². The molecule has 1 aliphatic rings. The normalized spacial score (nSPS) is 13.6. The number of aromatic nitrogens is 4. The number of nitrogens with one attached hydrogen (secondary N) is 1. The molecule has 6 nitrogen and oxygen atoms in total. The van der Waals surface area contributed by atoms with Gasteiger partial charge in [0.1, 0.15) is 5.82 Å². The van der Waals surface area contributed by atoms with Crippen LogP contribution in [0.3, 0.4) is 0 Å². The van der Waals surface area contributed by atoms with Crippen LogP contribution in [0.25, 0.3) is 16.9 Å². The summed E-state index contributed by atoms with van der Waals surface area (Å²) in [6, 6.07) is 17.1. The van der Waals surface area contributed by atoms with Gasteiger partial charge in [0.15, 0.2) is 0 Å². The van der Waals surface area contributed by atoms with Crippen molar-refractivity contribution < 1.29 is 4.79 Å². The summed E-state index contributed by atoms with van der Waals surface area (Å²) in [6.45, 7) is 0. The molecule has 6 heteroatoms. The Hall–Kier alpha value is -3.54. The molecule has 0 spiro atoms. The molecule has 2 heterocycles. The highest BCUT2D eigenvalue weighted by Crippen LogP contribution is 2.29. The van der Waals surface area contributed by atoms with Crippen LogP contribution in [0.2, 0.25) is 0 Å². The van der Waals surface area contributed by atoms with E-state index in [9.17, 15) is 4.79 Å². The highest BCUT2D eigenvalue weighted by atomic mass is 16.1. The molecular weight excluding hydrogens is 350 g/mol. The molecule has 1 saturated carbocycles. The molecule has 0 amide bonds. The summed E-state index contributed by atoms with van der Waals surface area (Å²) in [6.07, 6.45) is 8.03. The molecule has 2 aromatic carbocycles. The van der Waals surface area contributed by atoms with Crippen LogP contribution >= 0.6 is 0 Å². The Morgan fingerprint density at radius 1 is 1.07 bits per heavy atom. The second-order valence-corrected chi connectivity index (χ2v) is 7.08. The van der Waals surface area contributed by atoms with Gasteiger partial charge in [0, 0.05) is 17.6 Å². The van der Waals surface area contributed by atoms with Crippen LogP contribution in [0.15, 0.2) is 60.9 Å². The van der Waals surface area contributed by atoms with Crippen molar-refractivity contribution in [3.05, 3.63) is 77.6 Å². The summed E-state index contributed by atoms with van der Waals surface area (Å²) in [5, 5.41) is 8.68. The van der Waals surface area contributed by atoms with Gasteiger partial charge in [-0.15, -0.1) is 0 Å². The van der Waals surface area contributed by atoms with Crippen molar-refractivity contribution in [1.82, 2.24) is 19.7 Å². The summed E-state index contributed by atoms with van der Waals surface area (Å²) in [5.74, 6) is 1.25. The van der Waals surface area contributed by atoms with E-state index in [-0.39, 0.29) is 0 Å². The fourth-order valence-corrected chi connectivity index (χ4v) is 3.22. The number of fused-ring (bicyclic) bond motifs is 1. The smallest absolute Gasteiger partial charge is 0.253 e. The molecule has 2 aromatic heterocycles. The molecule has 1 N–H and O–H groups in total. The number of nitrogens with zero attached hydrogens (tertiary/aromatic N) is 4. The lowest BCUT2D eigenvalue weighted by Gasteiger charge is -2.11. The van der Waals surface area contributed by atoms with E-state index >= 15 is 0 Å². The van der Waals surface area contributed by atoms with Gasteiger partial charge in [-0.25, -0.2) is 9.67 Å². The molecule has 4 aromatic rings. The minimum absolute atomic E-state index is 0.374. The van der Waals surface area contributed by atoms with Crippen molar-refractivity contribution >= 4 is 23.0 Å². The second kappa shape index (κ2) is 6.88. The molecule has 0 bridgehead atoms. The molecule has 1 fully saturated rings. The molecular formula is C22H18N5O. The van der Waals surface area contributed by atoms with Gasteiger partial charge in [0.2, 0.25) is 6.29 Å². The summed E-state index contributed by atoms with van der Waals surface area (Å²) >= 11 is 0.